The van der Waals surface area contributed by atoms with E-state index in [4.69, 9.17) is 9.47 Å². The Bertz CT molecular complexity index is 1350. The summed E-state index contributed by atoms with van der Waals surface area (Å²) in [5.41, 5.74) is 1.28. The van der Waals surface area contributed by atoms with Gasteiger partial charge < -0.3 is 19.8 Å². The number of hydrogen-bond acceptors (Lipinski definition) is 7. The van der Waals surface area contributed by atoms with Crippen LogP contribution >= 0.6 is 0 Å². The maximum atomic E-state index is 13.1. The Kier molecular flexibility index (Phi) is 6.29. The standard InChI is InChI=1S/C22H21FN6O4/c1-32-16-8-5-13(11-17(16)33-2)9-10-24-22(31)19-25-20-18(21(30)26-19)27-28-29(20)12-14-3-6-15(23)7-4-14/h3-8,11H,9-10,12H2,1-2H3,(H,24,31)(H,25,26,30). The number of aromatic nitrogens is 5. The summed E-state index contributed by atoms with van der Waals surface area (Å²) in [5.74, 6) is 0.168. The van der Waals surface area contributed by atoms with Crippen LogP contribution in [-0.4, -0.2) is 51.6 Å². The van der Waals surface area contributed by atoms with Crippen molar-refractivity contribution in [3.8, 4) is 11.5 Å². The zero-order valence-electron chi connectivity index (χ0n) is 18.0. The van der Waals surface area contributed by atoms with Crippen molar-refractivity contribution in [1.82, 2.24) is 30.3 Å². The van der Waals surface area contributed by atoms with Gasteiger partial charge in [-0.25, -0.2) is 14.1 Å². The first-order chi connectivity index (χ1) is 16.0. The summed E-state index contributed by atoms with van der Waals surface area (Å²) in [6.45, 7) is 0.525. The van der Waals surface area contributed by atoms with Crippen molar-refractivity contribution in [1.29, 1.82) is 0 Å². The maximum absolute atomic E-state index is 13.1. The average molecular weight is 452 g/mol. The molecule has 11 heteroatoms. The number of amides is 1. The van der Waals surface area contributed by atoms with Crippen molar-refractivity contribution in [3.05, 3.63) is 75.6 Å². The minimum atomic E-state index is -0.574. The van der Waals surface area contributed by atoms with Crippen LogP contribution in [0.4, 0.5) is 4.39 Å². The predicted octanol–water partition coefficient (Wildman–Crippen LogP) is 1.69. The number of nitrogens with zero attached hydrogens (tertiary/aromatic N) is 4. The quantitative estimate of drug-likeness (QED) is 0.417. The van der Waals surface area contributed by atoms with Gasteiger partial charge in [-0.3, -0.25) is 9.59 Å². The van der Waals surface area contributed by atoms with E-state index in [0.29, 0.717) is 24.5 Å². The minimum absolute atomic E-state index is 0.0130. The van der Waals surface area contributed by atoms with Crippen molar-refractivity contribution in [3.63, 3.8) is 0 Å². The molecule has 0 spiro atoms. The number of rotatable bonds is 8. The molecule has 2 aromatic heterocycles. The Morgan fingerprint density at radius 2 is 1.82 bits per heavy atom. The normalized spacial score (nSPS) is 10.9. The fourth-order valence-corrected chi connectivity index (χ4v) is 3.28. The molecule has 0 aliphatic carbocycles. The molecular formula is C22H21FN6O4. The molecule has 0 bridgehead atoms. The van der Waals surface area contributed by atoms with Crippen molar-refractivity contribution in [2.75, 3.05) is 20.8 Å². The van der Waals surface area contributed by atoms with Crippen LogP contribution in [0.1, 0.15) is 21.7 Å². The van der Waals surface area contributed by atoms with Crippen LogP contribution in [0.2, 0.25) is 0 Å². The second-order valence-electron chi connectivity index (χ2n) is 7.16. The van der Waals surface area contributed by atoms with E-state index in [-0.39, 0.29) is 29.4 Å². The van der Waals surface area contributed by atoms with Crippen LogP contribution < -0.4 is 20.3 Å². The van der Waals surface area contributed by atoms with E-state index in [2.05, 4.69) is 25.6 Å². The SMILES string of the molecule is COc1ccc(CCNC(=O)c2nc3c(nnn3Cc3ccc(F)cc3)c(=O)[nH]2)cc1OC. The van der Waals surface area contributed by atoms with Crippen LogP contribution in [0.25, 0.3) is 11.2 Å². The number of halogens is 1. The molecule has 4 rings (SSSR count). The van der Waals surface area contributed by atoms with Gasteiger partial charge in [0.2, 0.25) is 5.82 Å². The predicted molar refractivity (Wildman–Crippen MR) is 117 cm³/mol. The molecule has 0 saturated heterocycles. The number of benzene rings is 2. The van der Waals surface area contributed by atoms with Gasteiger partial charge in [0.05, 0.1) is 20.8 Å². The van der Waals surface area contributed by atoms with Crippen molar-refractivity contribution in [2.45, 2.75) is 13.0 Å². The molecule has 0 radical (unpaired) electrons. The van der Waals surface area contributed by atoms with Gasteiger partial charge in [0, 0.05) is 6.54 Å². The first-order valence-electron chi connectivity index (χ1n) is 10.1. The highest BCUT2D eigenvalue weighted by Crippen LogP contribution is 2.27. The Morgan fingerprint density at radius 1 is 1.09 bits per heavy atom. The third-order valence-electron chi connectivity index (χ3n) is 4.98. The molecule has 1 amide bonds. The number of hydrogen-bond donors (Lipinski definition) is 2. The average Bonchev–Trinajstić information content (AvgIpc) is 3.23. The highest BCUT2D eigenvalue weighted by atomic mass is 19.1. The van der Waals surface area contributed by atoms with E-state index in [1.165, 1.54) is 16.8 Å². The molecule has 0 aliphatic heterocycles. The van der Waals surface area contributed by atoms with Gasteiger partial charge in [0.25, 0.3) is 11.5 Å². The highest BCUT2D eigenvalue weighted by Gasteiger charge is 2.16. The van der Waals surface area contributed by atoms with Gasteiger partial charge in [-0.2, -0.15) is 0 Å². The fraction of sp³-hybridized carbons (Fsp3) is 0.227. The molecule has 0 fully saturated rings. The summed E-state index contributed by atoms with van der Waals surface area (Å²) in [6.07, 6.45) is 0.530. The minimum Gasteiger partial charge on any atom is -0.493 e. The number of nitrogens with one attached hydrogen (secondary N) is 2. The smallest absolute Gasteiger partial charge is 0.287 e. The Balaban J connectivity index is 1.48. The third kappa shape index (κ3) is 4.81. The molecule has 10 nitrogen and oxygen atoms in total. The van der Waals surface area contributed by atoms with E-state index in [1.54, 1.807) is 32.4 Å². The second kappa shape index (κ2) is 9.47. The number of carbonyl (C=O) groups is 1. The van der Waals surface area contributed by atoms with Crippen molar-refractivity contribution >= 4 is 17.1 Å². The third-order valence-corrected chi connectivity index (χ3v) is 4.98. The molecule has 170 valence electrons. The molecular weight excluding hydrogens is 431 g/mol. The lowest BCUT2D eigenvalue weighted by Gasteiger charge is -2.10. The fourth-order valence-electron chi connectivity index (χ4n) is 3.28. The topological polar surface area (TPSA) is 124 Å². The van der Waals surface area contributed by atoms with Crippen molar-refractivity contribution in [2.24, 2.45) is 0 Å². The number of aromatic amines is 1. The molecule has 0 atom stereocenters. The molecule has 0 aliphatic rings. The van der Waals surface area contributed by atoms with E-state index < -0.39 is 11.5 Å². The summed E-state index contributed by atoms with van der Waals surface area (Å²) in [4.78, 5) is 31.7. The number of H-pyrrole nitrogens is 1. The lowest BCUT2D eigenvalue weighted by molar-refractivity contribution is 0.0943. The first kappa shape index (κ1) is 21.9. The van der Waals surface area contributed by atoms with E-state index in [0.717, 1.165) is 11.1 Å². The lowest BCUT2D eigenvalue weighted by Crippen LogP contribution is -2.29. The summed E-state index contributed by atoms with van der Waals surface area (Å²) >= 11 is 0. The Labute approximate surface area is 187 Å². The van der Waals surface area contributed by atoms with Gasteiger partial charge in [0.15, 0.2) is 22.7 Å². The van der Waals surface area contributed by atoms with Crippen LogP contribution in [0.5, 0.6) is 11.5 Å². The molecule has 0 unspecified atom stereocenters. The lowest BCUT2D eigenvalue weighted by atomic mass is 10.1. The molecule has 33 heavy (non-hydrogen) atoms. The van der Waals surface area contributed by atoms with E-state index >= 15 is 0 Å². The Hall–Kier alpha value is -4.28. The van der Waals surface area contributed by atoms with E-state index in [1.807, 2.05) is 12.1 Å². The number of ether oxygens (including phenoxy) is 2. The summed E-state index contributed by atoms with van der Waals surface area (Å²) in [7, 11) is 3.11. The van der Waals surface area contributed by atoms with Gasteiger partial charge in [-0.15, -0.1) is 5.10 Å². The molecule has 0 saturated carbocycles. The largest absolute Gasteiger partial charge is 0.493 e. The molecule has 2 aromatic carbocycles. The number of carbonyl (C=O) groups excluding carboxylic acids is 1. The highest BCUT2D eigenvalue weighted by molar-refractivity contribution is 5.91. The van der Waals surface area contributed by atoms with Crippen molar-refractivity contribution < 1.29 is 18.7 Å². The maximum Gasteiger partial charge on any atom is 0.287 e. The molecule has 4 aromatic rings. The van der Waals surface area contributed by atoms with Gasteiger partial charge in [-0.05, 0) is 41.8 Å². The van der Waals surface area contributed by atoms with Crippen LogP contribution in [0, 0.1) is 5.82 Å². The second-order valence-corrected chi connectivity index (χ2v) is 7.16. The Morgan fingerprint density at radius 3 is 2.55 bits per heavy atom. The van der Waals surface area contributed by atoms with Crippen LogP contribution in [0.3, 0.4) is 0 Å². The van der Waals surface area contributed by atoms with Gasteiger partial charge in [0.1, 0.15) is 5.82 Å². The molecule has 2 heterocycles. The number of fused-ring (bicyclic) bond motifs is 1. The first-order valence-corrected chi connectivity index (χ1v) is 10.1. The molecule has 2 N–H and O–H groups in total. The summed E-state index contributed by atoms with van der Waals surface area (Å²) in [6, 6.07) is 11.3. The van der Waals surface area contributed by atoms with Gasteiger partial charge in [-0.1, -0.05) is 23.4 Å². The number of methoxy groups -OCH3 is 2. The van der Waals surface area contributed by atoms with Gasteiger partial charge >= 0.3 is 0 Å². The summed E-state index contributed by atoms with van der Waals surface area (Å²) < 4.78 is 25.0. The van der Waals surface area contributed by atoms with E-state index in [9.17, 15) is 14.0 Å². The summed E-state index contributed by atoms with van der Waals surface area (Å²) in [5, 5.41) is 10.5. The van der Waals surface area contributed by atoms with Crippen LogP contribution in [0.15, 0.2) is 47.3 Å². The zero-order chi connectivity index (χ0) is 23.4. The van der Waals surface area contributed by atoms with Crippen LogP contribution in [-0.2, 0) is 13.0 Å². The zero-order valence-corrected chi connectivity index (χ0v) is 18.0. The monoisotopic (exact) mass is 452 g/mol.